The van der Waals surface area contributed by atoms with Crippen molar-refractivity contribution < 1.29 is 34.7 Å². The van der Waals surface area contributed by atoms with Gasteiger partial charge >= 0.3 is 12.1 Å². The Morgan fingerprint density at radius 1 is 1.42 bits per heavy atom. The highest BCUT2D eigenvalue weighted by Gasteiger charge is 2.28. The van der Waals surface area contributed by atoms with E-state index in [2.05, 4.69) is 9.47 Å². The smallest absolute Gasteiger partial charge is 0.450 e. The summed E-state index contributed by atoms with van der Waals surface area (Å²) in [5.74, 6) is -2.86. The minimum absolute atomic E-state index is 0.133. The second kappa shape index (κ2) is 4.88. The number of rotatable bonds is 5. The van der Waals surface area contributed by atoms with Crippen molar-refractivity contribution in [3.05, 3.63) is 0 Å². The molecule has 0 aromatic heterocycles. The molecule has 0 unspecified atom stereocenters. The van der Waals surface area contributed by atoms with Crippen LogP contribution in [0.1, 0.15) is 0 Å². The summed E-state index contributed by atoms with van der Waals surface area (Å²) in [5.41, 5.74) is 0. The Balaban J connectivity index is 3.63. The summed E-state index contributed by atoms with van der Waals surface area (Å²) in [5, 5.41) is 33.5. The third kappa shape index (κ3) is 5.86. The summed E-state index contributed by atoms with van der Waals surface area (Å²) in [4.78, 5) is 9.80. The van der Waals surface area contributed by atoms with E-state index >= 15 is 0 Å². The second-order valence-electron chi connectivity index (χ2n) is 1.89. The molecule has 0 rings (SSSR count). The van der Waals surface area contributed by atoms with Crippen LogP contribution in [0.15, 0.2) is 0 Å². The summed E-state index contributed by atoms with van der Waals surface area (Å²) in [6.45, 7) is -1.19. The molecule has 0 bridgehead atoms. The standard InChI is InChI=1S/C5H10O7/c6-1-2-11-3-5(9,10)12-4(7)8/h6,9-10H,1-3H2,(H,7,8). The number of hydrogen-bond acceptors (Lipinski definition) is 6. The van der Waals surface area contributed by atoms with Gasteiger partial charge in [-0.05, 0) is 0 Å². The maximum Gasteiger partial charge on any atom is 0.510 e. The monoisotopic (exact) mass is 182 g/mol. The molecule has 0 aliphatic heterocycles. The van der Waals surface area contributed by atoms with Crippen molar-refractivity contribution in [1.82, 2.24) is 0 Å². The molecule has 0 aromatic rings. The van der Waals surface area contributed by atoms with Crippen molar-refractivity contribution in [2.75, 3.05) is 19.8 Å². The van der Waals surface area contributed by atoms with Crippen molar-refractivity contribution in [2.45, 2.75) is 5.97 Å². The van der Waals surface area contributed by atoms with E-state index in [-0.39, 0.29) is 13.2 Å². The Bertz CT molecular complexity index is 143. The van der Waals surface area contributed by atoms with Gasteiger partial charge in [0.05, 0.1) is 13.2 Å². The maximum atomic E-state index is 9.80. The van der Waals surface area contributed by atoms with Gasteiger partial charge in [-0.1, -0.05) is 0 Å². The summed E-state index contributed by atoms with van der Waals surface area (Å²) in [6.07, 6.45) is -1.83. The van der Waals surface area contributed by atoms with Crippen LogP contribution < -0.4 is 0 Å². The molecular weight excluding hydrogens is 172 g/mol. The molecule has 0 saturated heterocycles. The van der Waals surface area contributed by atoms with Gasteiger partial charge in [0.2, 0.25) is 0 Å². The largest absolute Gasteiger partial charge is 0.510 e. The number of carbonyl (C=O) groups is 1. The fraction of sp³-hybridized carbons (Fsp3) is 0.800. The zero-order valence-corrected chi connectivity index (χ0v) is 6.13. The number of ether oxygens (including phenoxy) is 2. The van der Waals surface area contributed by atoms with E-state index in [1.807, 2.05) is 0 Å². The SMILES string of the molecule is O=C(O)OC(O)(O)COCCO. The number of aliphatic hydroxyl groups is 3. The molecule has 0 heterocycles. The maximum absolute atomic E-state index is 9.80. The van der Waals surface area contributed by atoms with Gasteiger partial charge in [-0.15, -0.1) is 0 Å². The molecule has 12 heavy (non-hydrogen) atoms. The zero-order valence-electron chi connectivity index (χ0n) is 6.13. The molecule has 0 atom stereocenters. The molecular formula is C5H10O7. The van der Waals surface area contributed by atoms with Crippen LogP contribution >= 0.6 is 0 Å². The highest BCUT2D eigenvalue weighted by Crippen LogP contribution is 2.02. The topological polar surface area (TPSA) is 116 Å². The van der Waals surface area contributed by atoms with E-state index in [9.17, 15) is 4.79 Å². The van der Waals surface area contributed by atoms with Crippen LogP contribution in [0.5, 0.6) is 0 Å². The van der Waals surface area contributed by atoms with E-state index in [1.54, 1.807) is 0 Å². The summed E-state index contributed by atoms with van der Waals surface area (Å²) in [7, 11) is 0. The van der Waals surface area contributed by atoms with Gasteiger partial charge in [0, 0.05) is 0 Å². The molecule has 0 spiro atoms. The molecule has 0 aliphatic rings. The molecule has 0 aromatic carbocycles. The minimum atomic E-state index is -2.86. The first-order valence-electron chi connectivity index (χ1n) is 3.03. The van der Waals surface area contributed by atoms with Gasteiger partial charge < -0.3 is 29.9 Å². The molecule has 0 aliphatic carbocycles. The van der Waals surface area contributed by atoms with Crippen LogP contribution in [-0.2, 0) is 9.47 Å². The van der Waals surface area contributed by atoms with E-state index in [0.29, 0.717) is 0 Å². The first-order valence-corrected chi connectivity index (χ1v) is 3.03. The molecule has 0 amide bonds. The number of hydrogen-bond donors (Lipinski definition) is 4. The summed E-state index contributed by atoms with van der Waals surface area (Å²) in [6, 6.07) is 0. The lowest BCUT2D eigenvalue weighted by Gasteiger charge is -2.18. The van der Waals surface area contributed by atoms with Gasteiger partial charge in [0.25, 0.3) is 0 Å². The van der Waals surface area contributed by atoms with Crippen LogP contribution in [0.2, 0.25) is 0 Å². The third-order valence-corrected chi connectivity index (χ3v) is 0.776. The Labute approximate surface area is 67.8 Å². The zero-order chi connectivity index (χ0) is 9.61. The highest BCUT2D eigenvalue weighted by molar-refractivity contribution is 5.57. The lowest BCUT2D eigenvalue weighted by Crippen LogP contribution is -2.39. The van der Waals surface area contributed by atoms with E-state index in [1.165, 1.54) is 0 Å². The fourth-order valence-corrected chi connectivity index (χ4v) is 0.439. The highest BCUT2D eigenvalue weighted by atomic mass is 16.8. The Morgan fingerprint density at radius 3 is 2.42 bits per heavy atom. The molecule has 72 valence electrons. The van der Waals surface area contributed by atoms with E-state index in [4.69, 9.17) is 20.4 Å². The Morgan fingerprint density at radius 2 is 2.00 bits per heavy atom. The predicted molar refractivity (Wildman–Crippen MR) is 34.2 cm³/mol. The predicted octanol–water partition coefficient (Wildman–Crippen LogP) is -1.67. The fourth-order valence-electron chi connectivity index (χ4n) is 0.439. The molecule has 0 fully saturated rings. The third-order valence-electron chi connectivity index (χ3n) is 0.776. The van der Waals surface area contributed by atoms with E-state index in [0.717, 1.165) is 0 Å². The Hall–Kier alpha value is -0.890. The lowest BCUT2D eigenvalue weighted by atomic mass is 10.6. The second-order valence-corrected chi connectivity index (χ2v) is 1.89. The number of aliphatic hydroxyl groups excluding tert-OH is 1. The van der Waals surface area contributed by atoms with Crippen LogP contribution in [0.3, 0.4) is 0 Å². The number of carboxylic acid groups (broad SMARTS) is 1. The van der Waals surface area contributed by atoms with Crippen LogP contribution in [0, 0.1) is 0 Å². The molecule has 7 nitrogen and oxygen atoms in total. The van der Waals surface area contributed by atoms with Crippen LogP contribution in [-0.4, -0.2) is 52.4 Å². The van der Waals surface area contributed by atoms with Gasteiger partial charge in [0.1, 0.15) is 6.61 Å². The van der Waals surface area contributed by atoms with Crippen LogP contribution in [0.4, 0.5) is 4.79 Å². The van der Waals surface area contributed by atoms with Gasteiger partial charge in [-0.2, -0.15) is 0 Å². The van der Waals surface area contributed by atoms with E-state index < -0.39 is 18.7 Å². The summed E-state index contributed by atoms with van der Waals surface area (Å²) < 4.78 is 8.02. The average molecular weight is 182 g/mol. The van der Waals surface area contributed by atoms with Gasteiger partial charge in [-0.3, -0.25) is 0 Å². The van der Waals surface area contributed by atoms with Crippen molar-refractivity contribution in [1.29, 1.82) is 0 Å². The lowest BCUT2D eigenvalue weighted by molar-refractivity contribution is -0.332. The molecule has 7 heteroatoms. The average Bonchev–Trinajstić information content (AvgIpc) is 1.84. The first kappa shape index (κ1) is 11.1. The quantitative estimate of drug-likeness (QED) is 0.228. The van der Waals surface area contributed by atoms with Crippen molar-refractivity contribution in [2.24, 2.45) is 0 Å². The van der Waals surface area contributed by atoms with Crippen molar-refractivity contribution >= 4 is 6.16 Å². The van der Waals surface area contributed by atoms with Gasteiger partial charge in [0.15, 0.2) is 0 Å². The molecule has 4 N–H and O–H groups in total. The summed E-state index contributed by atoms with van der Waals surface area (Å²) >= 11 is 0. The minimum Gasteiger partial charge on any atom is -0.450 e. The Kier molecular flexibility index (Phi) is 4.52. The molecule has 0 saturated carbocycles. The first-order chi connectivity index (χ1) is 5.48. The normalized spacial score (nSPS) is 11.2. The van der Waals surface area contributed by atoms with Gasteiger partial charge in [-0.25, -0.2) is 4.79 Å². The molecule has 0 radical (unpaired) electrons. The van der Waals surface area contributed by atoms with Crippen LogP contribution in [0.25, 0.3) is 0 Å². The van der Waals surface area contributed by atoms with Crippen molar-refractivity contribution in [3.63, 3.8) is 0 Å². The van der Waals surface area contributed by atoms with Crippen molar-refractivity contribution in [3.8, 4) is 0 Å².